The van der Waals surface area contributed by atoms with Gasteiger partial charge in [0.15, 0.2) is 0 Å². The molecule has 3 rings (SSSR count). The van der Waals surface area contributed by atoms with Crippen molar-refractivity contribution in [3.63, 3.8) is 0 Å². The van der Waals surface area contributed by atoms with Crippen LogP contribution in [0.15, 0.2) is 42.7 Å². The highest BCUT2D eigenvalue weighted by atomic mass is 35.5. The molecular formula is C14H11Cl2N3. The second kappa shape index (κ2) is 5.11. The minimum Gasteiger partial charge on any atom is -0.365 e. The van der Waals surface area contributed by atoms with Gasteiger partial charge < -0.3 is 9.97 Å². The van der Waals surface area contributed by atoms with Crippen molar-refractivity contribution < 1.29 is 0 Å². The minimum atomic E-state index is 0.641. The van der Waals surface area contributed by atoms with E-state index in [2.05, 4.69) is 15.0 Å². The smallest absolute Gasteiger partial charge is 0.112 e. The van der Waals surface area contributed by atoms with E-state index in [1.165, 1.54) is 0 Å². The van der Waals surface area contributed by atoms with Crippen LogP contribution in [0.2, 0.25) is 10.0 Å². The fourth-order valence-corrected chi connectivity index (χ4v) is 2.33. The molecule has 2 heterocycles. The molecule has 96 valence electrons. The van der Waals surface area contributed by atoms with Crippen LogP contribution in [0.25, 0.3) is 11.3 Å². The van der Waals surface area contributed by atoms with E-state index in [1.54, 1.807) is 12.1 Å². The lowest BCUT2D eigenvalue weighted by Gasteiger charge is -2.00. The van der Waals surface area contributed by atoms with Crippen molar-refractivity contribution in [2.45, 2.75) is 6.42 Å². The highest BCUT2D eigenvalue weighted by molar-refractivity contribution is 6.35. The molecule has 0 aliphatic carbocycles. The van der Waals surface area contributed by atoms with Crippen LogP contribution in [-0.4, -0.2) is 15.0 Å². The maximum Gasteiger partial charge on any atom is 0.112 e. The number of aromatic nitrogens is 3. The number of nitrogens with one attached hydrogen (secondary N) is 2. The number of imidazole rings is 1. The zero-order chi connectivity index (χ0) is 13.2. The predicted octanol–water partition coefficient (Wildman–Crippen LogP) is 4.30. The molecule has 3 aromatic rings. The maximum absolute atomic E-state index is 6.16. The third kappa shape index (κ3) is 2.67. The van der Waals surface area contributed by atoms with Crippen molar-refractivity contribution in [3.05, 3.63) is 64.3 Å². The van der Waals surface area contributed by atoms with Gasteiger partial charge in [0, 0.05) is 35.1 Å². The van der Waals surface area contributed by atoms with Gasteiger partial charge >= 0.3 is 0 Å². The molecule has 0 unspecified atom stereocenters. The summed E-state index contributed by atoms with van der Waals surface area (Å²) in [5.74, 6) is 0.883. The van der Waals surface area contributed by atoms with E-state index in [0.717, 1.165) is 29.2 Å². The maximum atomic E-state index is 6.16. The first-order valence-corrected chi connectivity index (χ1v) is 6.60. The predicted molar refractivity (Wildman–Crippen MR) is 77.6 cm³/mol. The molecule has 2 aromatic heterocycles. The van der Waals surface area contributed by atoms with E-state index >= 15 is 0 Å². The molecule has 0 amide bonds. The number of rotatable bonds is 3. The Hall–Kier alpha value is -1.71. The van der Waals surface area contributed by atoms with Gasteiger partial charge in [-0.2, -0.15) is 0 Å². The van der Waals surface area contributed by atoms with Gasteiger partial charge in [0.05, 0.1) is 10.7 Å². The van der Waals surface area contributed by atoms with Crippen molar-refractivity contribution in [3.8, 4) is 11.3 Å². The van der Waals surface area contributed by atoms with Crippen LogP contribution in [-0.2, 0) is 6.42 Å². The highest BCUT2D eigenvalue weighted by Crippen LogP contribution is 2.29. The molecule has 19 heavy (non-hydrogen) atoms. The number of hydrogen-bond donors (Lipinski definition) is 2. The van der Waals surface area contributed by atoms with Crippen LogP contribution in [0.5, 0.6) is 0 Å². The van der Waals surface area contributed by atoms with Gasteiger partial charge in [-0.1, -0.05) is 23.2 Å². The molecule has 0 fully saturated rings. The summed E-state index contributed by atoms with van der Waals surface area (Å²) in [6, 6.07) is 9.35. The molecule has 0 spiro atoms. The number of hydrogen-bond acceptors (Lipinski definition) is 1. The first-order valence-electron chi connectivity index (χ1n) is 5.84. The third-order valence-electron chi connectivity index (χ3n) is 2.86. The van der Waals surface area contributed by atoms with Gasteiger partial charge in [-0.15, -0.1) is 0 Å². The van der Waals surface area contributed by atoms with Gasteiger partial charge in [0.25, 0.3) is 0 Å². The van der Waals surface area contributed by atoms with Gasteiger partial charge in [-0.05, 0) is 30.3 Å². The zero-order valence-corrected chi connectivity index (χ0v) is 11.5. The zero-order valence-electron chi connectivity index (χ0n) is 9.95. The van der Waals surface area contributed by atoms with Gasteiger partial charge in [0.1, 0.15) is 5.82 Å². The standard InChI is InChI=1S/C14H11Cl2N3/c15-9-3-4-12(16)11(6-9)13-8-18-14(19-13)7-10-2-1-5-17-10/h1-6,8,17H,7H2,(H,18,19). The Morgan fingerprint density at radius 2 is 2.00 bits per heavy atom. The fraction of sp³-hybridized carbons (Fsp3) is 0.0714. The van der Waals surface area contributed by atoms with Crippen molar-refractivity contribution in [1.29, 1.82) is 0 Å². The summed E-state index contributed by atoms with van der Waals surface area (Å²) in [7, 11) is 0. The molecule has 0 atom stereocenters. The van der Waals surface area contributed by atoms with Crippen LogP contribution in [0.3, 0.4) is 0 Å². The van der Waals surface area contributed by atoms with Crippen molar-refractivity contribution in [1.82, 2.24) is 15.0 Å². The van der Waals surface area contributed by atoms with Crippen LogP contribution >= 0.6 is 23.2 Å². The third-order valence-corrected chi connectivity index (χ3v) is 3.42. The summed E-state index contributed by atoms with van der Waals surface area (Å²) in [4.78, 5) is 10.8. The normalized spacial score (nSPS) is 10.8. The van der Waals surface area contributed by atoms with E-state index in [-0.39, 0.29) is 0 Å². The molecule has 0 saturated carbocycles. The molecule has 0 aliphatic rings. The van der Waals surface area contributed by atoms with Crippen LogP contribution in [0.1, 0.15) is 11.5 Å². The first kappa shape index (κ1) is 12.3. The SMILES string of the molecule is Clc1ccc(Cl)c(-c2c[nH]c(Cc3ccc[nH]3)n2)c1. The number of aromatic amines is 2. The Balaban J connectivity index is 1.90. The Morgan fingerprint density at radius 1 is 1.11 bits per heavy atom. The summed E-state index contributed by atoms with van der Waals surface area (Å²) < 4.78 is 0. The minimum absolute atomic E-state index is 0.641. The van der Waals surface area contributed by atoms with E-state index < -0.39 is 0 Å². The summed E-state index contributed by atoms with van der Waals surface area (Å²) in [6.07, 6.45) is 4.47. The van der Waals surface area contributed by atoms with E-state index in [4.69, 9.17) is 23.2 Å². The average Bonchev–Trinajstić information content (AvgIpc) is 3.04. The Labute approximate surface area is 120 Å². The monoisotopic (exact) mass is 291 g/mol. The Kier molecular flexibility index (Phi) is 3.32. The van der Waals surface area contributed by atoms with Crippen molar-refractivity contribution >= 4 is 23.2 Å². The van der Waals surface area contributed by atoms with E-state index in [1.807, 2.05) is 30.6 Å². The summed E-state index contributed by atoms with van der Waals surface area (Å²) in [5, 5.41) is 1.29. The molecule has 0 aliphatic heterocycles. The highest BCUT2D eigenvalue weighted by Gasteiger charge is 2.09. The topological polar surface area (TPSA) is 44.5 Å². The lowest BCUT2D eigenvalue weighted by Crippen LogP contribution is -1.90. The lowest BCUT2D eigenvalue weighted by molar-refractivity contribution is 0.992. The largest absolute Gasteiger partial charge is 0.365 e. The number of benzene rings is 1. The molecular weight excluding hydrogens is 281 g/mol. The van der Waals surface area contributed by atoms with Crippen LogP contribution in [0, 0.1) is 0 Å². The number of H-pyrrole nitrogens is 2. The lowest BCUT2D eigenvalue weighted by atomic mass is 10.2. The summed E-state index contributed by atoms with van der Waals surface area (Å²) >= 11 is 12.2. The molecule has 0 radical (unpaired) electrons. The Bertz CT molecular complexity index is 687. The van der Waals surface area contributed by atoms with Crippen LogP contribution in [0.4, 0.5) is 0 Å². The molecule has 0 saturated heterocycles. The van der Waals surface area contributed by atoms with Crippen molar-refractivity contribution in [2.75, 3.05) is 0 Å². The van der Waals surface area contributed by atoms with Gasteiger partial charge in [0.2, 0.25) is 0 Å². The van der Waals surface area contributed by atoms with E-state index in [9.17, 15) is 0 Å². The van der Waals surface area contributed by atoms with Crippen LogP contribution < -0.4 is 0 Å². The van der Waals surface area contributed by atoms with Gasteiger partial charge in [-0.3, -0.25) is 0 Å². The summed E-state index contributed by atoms with van der Waals surface area (Å²) in [5.41, 5.74) is 2.75. The molecule has 5 heteroatoms. The second-order valence-corrected chi connectivity index (χ2v) is 5.07. The quantitative estimate of drug-likeness (QED) is 0.742. The number of nitrogens with zero attached hydrogens (tertiary/aromatic N) is 1. The Morgan fingerprint density at radius 3 is 2.79 bits per heavy atom. The molecule has 3 nitrogen and oxygen atoms in total. The van der Waals surface area contributed by atoms with E-state index in [0.29, 0.717) is 10.0 Å². The molecule has 2 N–H and O–H groups in total. The average molecular weight is 292 g/mol. The summed E-state index contributed by atoms with van der Waals surface area (Å²) in [6.45, 7) is 0. The first-order chi connectivity index (χ1) is 9.22. The molecule has 1 aromatic carbocycles. The second-order valence-electron chi connectivity index (χ2n) is 4.23. The fourth-order valence-electron chi connectivity index (χ4n) is 1.94. The number of halogens is 2. The van der Waals surface area contributed by atoms with Gasteiger partial charge in [-0.25, -0.2) is 4.98 Å². The van der Waals surface area contributed by atoms with Crippen molar-refractivity contribution in [2.24, 2.45) is 0 Å². The molecule has 0 bridgehead atoms.